The Morgan fingerprint density at radius 2 is 1.73 bits per heavy atom. The van der Waals surface area contributed by atoms with Crippen molar-refractivity contribution >= 4 is 34.8 Å². The van der Waals surface area contributed by atoms with Crippen molar-refractivity contribution in [3.63, 3.8) is 0 Å². The average molecular weight is 548 g/mol. The second-order valence-electron chi connectivity index (χ2n) is 9.82. The first-order valence-electron chi connectivity index (χ1n) is 13.5. The van der Waals surface area contributed by atoms with Gasteiger partial charge in [0.05, 0.1) is 35.4 Å². The van der Waals surface area contributed by atoms with Gasteiger partial charge in [0.25, 0.3) is 5.56 Å². The molecule has 0 spiro atoms. The molecule has 0 saturated carbocycles. The molecule has 0 aliphatic carbocycles. The number of pyridine rings is 1. The molecule has 9 heteroatoms. The number of rotatable bonds is 8. The zero-order valence-corrected chi connectivity index (χ0v) is 23.8. The number of nitrogens with two attached hydrogens (primary N) is 1. The number of ether oxygens (including phenoxy) is 1. The number of aromatic nitrogens is 5. The van der Waals surface area contributed by atoms with Crippen molar-refractivity contribution in [3.05, 3.63) is 105 Å². The molecule has 3 heterocycles. The maximum absolute atomic E-state index is 14.0. The maximum atomic E-state index is 14.0. The van der Waals surface area contributed by atoms with Crippen LogP contribution in [0.1, 0.15) is 53.4 Å². The molecule has 0 fully saturated rings. The standard InChI is InChI=1S/C32H33N7O2/c1-6-24(30-37-26-14-10-11-19(2)28(26)31(40)39(30)22-12-8-7-9-13-22)36-29-23(21(4)35-32(33)38-29)16-17-25-27(41-5)18-15-20(3)34-25/h7-18,24H,6H2,1-5H3,(H3,33,35,36,38)/b17-16+. The molecule has 1 atom stereocenters. The molecule has 2 aromatic carbocycles. The van der Waals surface area contributed by atoms with E-state index in [9.17, 15) is 4.79 Å². The Morgan fingerprint density at radius 1 is 0.951 bits per heavy atom. The molecule has 0 aliphatic rings. The Kier molecular flexibility index (Phi) is 7.78. The van der Waals surface area contributed by atoms with E-state index in [-0.39, 0.29) is 17.5 Å². The molecular weight excluding hydrogens is 514 g/mol. The van der Waals surface area contributed by atoms with E-state index in [1.54, 1.807) is 11.7 Å². The highest BCUT2D eigenvalue weighted by Gasteiger charge is 2.23. The SMILES string of the molecule is CCC(Nc1nc(N)nc(C)c1/C=C/c1nc(C)ccc1OC)c1nc2cccc(C)c2c(=O)n1-c1ccccc1. The summed E-state index contributed by atoms with van der Waals surface area (Å²) in [6.45, 7) is 7.77. The molecule has 0 saturated heterocycles. The van der Waals surface area contributed by atoms with Gasteiger partial charge in [-0.15, -0.1) is 0 Å². The minimum atomic E-state index is -0.375. The molecule has 41 heavy (non-hydrogen) atoms. The third-order valence-electron chi connectivity index (χ3n) is 6.98. The lowest BCUT2D eigenvalue weighted by Crippen LogP contribution is -2.29. The zero-order chi connectivity index (χ0) is 29.1. The van der Waals surface area contributed by atoms with Gasteiger partial charge >= 0.3 is 0 Å². The van der Waals surface area contributed by atoms with Crippen LogP contribution in [0, 0.1) is 20.8 Å². The predicted molar refractivity (Wildman–Crippen MR) is 164 cm³/mol. The van der Waals surface area contributed by atoms with Crippen LogP contribution in [0.3, 0.4) is 0 Å². The van der Waals surface area contributed by atoms with Gasteiger partial charge in [-0.1, -0.05) is 37.3 Å². The lowest BCUT2D eigenvalue weighted by atomic mass is 10.1. The van der Waals surface area contributed by atoms with Gasteiger partial charge in [0, 0.05) is 11.3 Å². The Hall–Kier alpha value is -5.05. The van der Waals surface area contributed by atoms with E-state index >= 15 is 0 Å². The first kappa shape index (κ1) is 27.5. The molecule has 9 nitrogen and oxygen atoms in total. The van der Waals surface area contributed by atoms with Crippen LogP contribution in [-0.4, -0.2) is 31.6 Å². The minimum Gasteiger partial charge on any atom is -0.494 e. The van der Waals surface area contributed by atoms with Gasteiger partial charge in [-0.3, -0.25) is 9.36 Å². The number of nitrogens with zero attached hydrogens (tertiary/aromatic N) is 5. The molecule has 0 radical (unpaired) electrons. The number of para-hydroxylation sites is 1. The first-order valence-corrected chi connectivity index (χ1v) is 13.5. The number of benzene rings is 2. The van der Waals surface area contributed by atoms with Gasteiger partial charge < -0.3 is 15.8 Å². The number of aryl methyl sites for hydroxylation is 3. The predicted octanol–water partition coefficient (Wildman–Crippen LogP) is 5.82. The molecular formula is C32H33N7O2. The van der Waals surface area contributed by atoms with Gasteiger partial charge in [0.1, 0.15) is 23.1 Å². The van der Waals surface area contributed by atoms with Crippen LogP contribution in [0.15, 0.2) is 65.5 Å². The Labute approximate surface area is 238 Å². The Bertz CT molecular complexity index is 1810. The molecule has 208 valence electrons. The average Bonchev–Trinajstić information content (AvgIpc) is 2.95. The van der Waals surface area contributed by atoms with E-state index in [1.807, 2.05) is 101 Å². The number of nitrogens with one attached hydrogen (secondary N) is 1. The fraction of sp³-hybridized carbons (Fsp3) is 0.219. The summed E-state index contributed by atoms with van der Waals surface area (Å²) < 4.78 is 7.18. The normalized spacial score (nSPS) is 12.1. The summed E-state index contributed by atoms with van der Waals surface area (Å²) >= 11 is 0. The number of hydrogen-bond donors (Lipinski definition) is 2. The number of nitrogen functional groups attached to an aromatic ring is 1. The van der Waals surface area contributed by atoms with Crippen molar-refractivity contribution in [3.8, 4) is 11.4 Å². The third kappa shape index (κ3) is 5.51. The van der Waals surface area contributed by atoms with Crippen LogP contribution in [0.2, 0.25) is 0 Å². The fourth-order valence-corrected chi connectivity index (χ4v) is 4.92. The number of methoxy groups -OCH3 is 1. The molecule has 0 aliphatic heterocycles. The summed E-state index contributed by atoms with van der Waals surface area (Å²) in [6, 6.07) is 18.7. The zero-order valence-electron chi connectivity index (χ0n) is 23.8. The Morgan fingerprint density at radius 3 is 2.46 bits per heavy atom. The lowest BCUT2D eigenvalue weighted by molar-refractivity contribution is 0.411. The molecule has 0 bridgehead atoms. The van der Waals surface area contributed by atoms with Crippen LogP contribution < -0.4 is 21.3 Å². The van der Waals surface area contributed by atoms with Crippen molar-refractivity contribution in [1.29, 1.82) is 0 Å². The smallest absolute Gasteiger partial charge is 0.266 e. The van der Waals surface area contributed by atoms with Gasteiger partial charge in [0.15, 0.2) is 0 Å². The highest BCUT2D eigenvalue weighted by Crippen LogP contribution is 2.29. The van der Waals surface area contributed by atoms with Crippen molar-refractivity contribution in [2.45, 2.75) is 40.2 Å². The van der Waals surface area contributed by atoms with E-state index < -0.39 is 0 Å². The topological polar surface area (TPSA) is 121 Å². The van der Waals surface area contributed by atoms with Crippen LogP contribution in [-0.2, 0) is 0 Å². The van der Waals surface area contributed by atoms with E-state index in [0.717, 1.165) is 22.5 Å². The Balaban J connectivity index is 1.65. The quantitative estimate of drug-likeness (QED) is 0.249. The summed E-state index contributed by atoms with van der Waals surface area (Å²) in [5.74, 6) is 1.91. The second kappa shape index (κ2) is 11.6. The highest BCUT2D eigenvalue weighted by molar-refractivity contribution is 5.82. The molecule has 3 aromatic heterocycles. The van der Waals surface area contributed by atoms with Crippen LogP contribution in [0.5, 0.6) is 5.75 Å². The minimum absolute atomic E-state index is 0.120. The van der Waals surface area contributed by atoms with E-state index in [1.165, 1.54) is 0 Å². The van der Waals surface area contributed by atoms with Crippen molar-refractivity contribution in [1.82, 2.24) is 24.5 Å². The molecule has 5 rings (SSSR count). The summed E-state index contributed by atoms with van der Waals surface area (Å²) in [6.07, 6.45) is 4.39. The highest BCUT2D eigenvalue weighted by atomic mass is 16.5. The second-order valence-corrected chi connectivity index (χ2v) is 9.82. The fourth-order valence-electron chi connectivity index (χ4n) is 4.92. The monoisotopic (exact) mass is 547 g/mol. The molecule has 0 amide bonds. The van der Waals surface area contributed by atoms with E-state index in [0.29, 0.717) is 46.1 Å². The number of anilines is 2. The lowest BCUT2D eigenvalue weighted by Gasteiger charge is -2.23. The van der Waals surface area contributed by atoms with Gasteiger partial charge in [-0.2, -0.15) is 4.98 Å². The summed E-state index contributed by atoms with van der Waals surface area (Å²) in [5, 5.41) is 4.13. The summed E-state index contributed by atoms with van der Waals surface area (Å²) in [5.41, 5.74) is 11.2. The molecule has 1 unspecified atom stereocenters. The first-order chi connectivity index (χ1) is 19.8. The van der Waals surface area contributed by atoms with E-state index in [2.05, 4.69) is 20.3 Å². The molecule has 5 aromatic rings. The number of fused-ring (bicyclic) bond motifs is 1. The van der Waals surface area contributed by atoms with E-state index in [4.69, 9.17) is 15.5 Å². The summed E-state index contributed by atoms with van der Waals surface area (Å²) in [4.78, 5) is 32.6. The maximum Gasteiger partial charge on any atom is 0.266 e. The number of hydrogen-bond acceptors (Lipinski definition) is 8. The molecule has 3 N–H and O–H groups in total. The van der Waals surface area contributed by atoms with Crippen molar-refractivity contribution in [2.24, 2.45) is 0 Å². The van der Waals surface area contributed by atoms with Gasteiger partial charge in [-0.25, -0.2) is 15.0 Å². The summed E-state index contributed by atoms with van der Waals surface area (Å²) in [7, 11) is 1.62. The third-order valence-corrected chi connectivity index (χ3v) is 6.98. The largest absolute Gasteiger partial charge is 0.494 e. The van der Waals surface area contributed by atoms with Gasteiger partial charge in [-0.05, 0) is 75.2 Å². The van der Waals surface area contributed by atoms with Crippen LogP contribution >= 0.6 is 0 Å². The van der Waals surface area contributed by atoms with Crippen LogP contribution in [0.25, 0.3) is 28.7 Å². The van der Waals surface area contributed by atoms with Crippen LogP contribution in [0.4, 0.5) is 11.8 Å². The van der Waals surface area contributed by atoms with Crippen molar-refractivity contribution in [2.75, 3.05) is 18.2 Å². The van der Waals surface area contributed by atoms with Gasteiger partial charge in [0.2, 0.25) is 5.95 Å². The van der Waals surface area contributed by atoms with Crippen molar-refractivity contribution < 1.29 is 4.74 Å².